The van der Waals surface area contributed by atoms with E-state index in [-0.39, 0.29) is 35.5 Å². The van der Waals surface area contributed by atoms with Crippen LogP contribution in [0.25, 0.3) is 10.8 Å². The largest absolute Gasteiger partial charge is 0.497 e. The van der Waals surface area contributed by atoms with Gasteiger partial charge < -0.3 is 14.9 Å². The van der Waals surface area contributed by atoms with E-state index in [1.807, 2.05) is 12.1 Å². The molecule has 5 atom stereocenters. The van der Waals surface area contributed by atoms with Crippen molar-refractivity contribution in [2.45, 2.75) is 50.4 Å². The standard InChI is InChI=1S/C24H26O5/c1-23-11-14(8-20(25)26)22-18-5-4-17(29-2)7-13(18)3-6-19(22)24(23)12-16(24)9-15(23)10-21(27)28/h3-7,14-16H,8-12H2,1-2H3,(H,25,26)(H,27,28)/t14-,15-,16-,23-,24+/m1/s1. The van der Waals surface area contributed by atoms with E-state index in [1.165, 1.54) is 11.1 Å². The molecule has 3 aliphatic rings. The van der Waals surface area contributed by atoms with Gasteiger partial charge in [-0.3, -0.25) is 9.59 Å². The molecule has 1 spiro atoms. The van der Waals surface area contributed by atoms with Gasteiger partial charge in [-0.2, -0.15) is 0 Å². The van der Waals surface area contributed by atoms with Gasteiger partial charge in [-0.1, -0.05) is 25.1 Å². The van der Waals surface area contributed by atoms with E-state index in [0.29, 0.717) is 5.92 Å². The van der Waals surface area contributed by atoms with Gasteiger partial charge in [0.05, 0.1) is 13.5 Å². The van der Waals surface area contributed by atoms with Gasteiger partial charge in [0.15, 0.2) is 0 Å². The van der Waals surface area contributed by atoms with Crippen molar-refractivity contribution in [3.05, 3.63) is 41.5 Å². The second-order valence-corrected chi connectivity index (χ2v) is 9.43. The molecule has 3 aliphatic carbocycles. The highest BCUT2D eigenvalue weighted by atomic mass is 16.5. The minimum absolute atomic E-state index is 0.00553. The van der Waals surface area contributed by atoms with Crippen LogP contribution in [0.15, 0.2) is 30.3 Å². The highest BCUT2D eigenvalue weighted by Crippen LogP contribution is 2.79. The van der Waals surface area contributed by atoms with Crippen LogP contribution < -0.4 is 4.74 Å². The van der Waals surface area contributed by atoms with Crippen molar-refractivity contribution in [3.8, 4) is 5.75 Å². The van der Waals surface area contributed by atoms with Crippen LogP contribution in [0.1, 0.15) is 56.1 Å². The molecule has 0 bridgehead atoms. The summed E-state index contributed by atoms with van der Waals surface area (Å²) in [4.78, 5) is 23.3. The predicted octanol–water partition coefficient (Wildman–Crippen LogP) is 4.57. The molecule has 2 N–H and O–H groups in total. The first-order valence-electron chi connectivity index (χ1n) is 10.3. The minimum Gasteiger partial charge on any atom is -0.497 e. The number of ether oxygens (including phenoxy) is 1. The quantitative estimate of drug-likeness (QED) is 0.776. The summed E-state index contributed by atoms with van der Waals surface area (Å²) in [5.41, 5.74) is 2.28. The molecule has 152 valence electrons. The summed E-state index contributed by atoms with van der Waals surface area (Å²) >= 11 is 0. The molecule has 0 amide bonds. The van der Waals surface area contributed by atoms with Gasteiger partial charge in [0.2, 0.25) is 0 Å². The molecule has 0 radical (unpaired) electrons. The van der Waals surface area contributed by atoms with E-state index in [4.69, 9.17) is 4.74 Å². The third-order valence-corrected chi connectivity index (χ3v) is 8.26. The highest BCUT2D eigenvalue weighted by molar-refractivity contribution is 5.90. The molecule has 5 nitrogen and oxygen atoms in total. The van der Waals surface area contributed by atoms with E-state index in [9.17, 15) is 19.8 Å². The second-order valence-electron chi connectivity index (χ2n) is 9.43. The molecule has 0 saturated heterocycles. The SMILES string of the molecule is COc1ccc2c3c(ccc2c1)[C@]12C[C@H]1C[C@H](CC(=O)O)[C@@]2(C)C[C@H]3CC(=O)O. The summed E-state index contributed by atoms with van der Waals surface area (Å²) in [6, 6.07) is 10.3. The number of carbonyl (C=O) groups is 2. The summed E-state index contributed by atoms with van der Waals surface area (Å²) in [6.45, 7) is 2.23. The Kier molecular flexibility index (Phi) is 3.80. The predicted molar refractivity (Wildman–Crippen MR) is 108 cm³/mol. The fourth-order valence-corrected chi connectivity index (χ4v) is 7.07. The van der Waals surface area contributed by atoms with Gasteiger partial charge in [-0.05, 0) is 76.5 Å². The summed E-state index contributed by atoms with van der Waals surface area (Å²) in [6.07, 6.45) is 3.02. The van der Waals surface area contributed by atoms with E-state index >= 15 is 0 Å². The van der Waals surface area contributed by atoms with Crippen LogP contribution >= 0.6 is 0 Å². The van der Waals surface area contributed by atoms with Crippen LogP contribution in [0.2, 0.25) is 0 Å². The van der Waals surface area contributed by atoms with Gasteiger partial charge in [0, 0.05) is 11.8 Å². The van der Waals surface area contributed by atoms with Gasteiger partial charge in [-0.15, -0.1) is 0 Å². The molecule has 29 heavy (non-hydrogen) atoms. The Morgan fingerprint density at radius 3 is 2.55 bits per heavy atom. The van der Waals surface area contributed by atoms with Gasteiger partial charge in [-0.25, -0.2) is 0 Å². The van der Waals surface area contributed by atoms with Crippen molar-refractivity contribution in [3.63, 3.8) is 0 Å². The Morgan fingerprint density at radius 2 is 1.86 bits per heavy atom. The Balaban J connectivity index is 1.71. The number of rotatable bonds is 5. The first-order chi connectivity index (χ1) is 13.8. The summed E-state index contributed by atoms with van der Waals surface area (Å²) in [7, 11) is 1.65. The topological polar surface area (TPSA) is 83.8 Å². The molecule has 5 heteroatoms. The summed E-state index contributed by atoms with van der Waals surface area (Å²) < 4.78 is 5.37. The van der Waals surface area contributed by atoms with E-state index < -0.39 is 11.9 Å². The lowest BCUT2D eigenvalue weighted by atomic mass is 9.55. The molecule has 0 heterocycles. The van der Waals surface area contributed by atoms with Gasteiger partial charge in [0.25, 0.3) is 0 Å². The lowest BCUT2D eigenvalue weighted by Crippen LogP contribution is -2.42. The van der Waals surface area contributed by atoms with E-state index in [1.54, 1.807) is 7.11 Å². The molecule has 2 aromatic carbocycles. The minimum atomic E-state index is -0.800. The third kappa shape index (κ3) is 2.39. The normalized spacial score (nSPS) is 34.2. The van der Waals surface area contributed by atoms with Crippen molar-refractivity contribution in [2.75, 3.05) is 7.11 Å². The maximum atomic E-state index is 11.7. The van der Waals surface area contributed by atoms with Crippen molar-refractivity contribution in [1.82, 2.24) is 0 Å². The maximum absolute atomic E-state index is 11.7. The smallest absolute Gasteiger partial charge is 0.303 e. The van der Waals surface area contributed by atoms with Gasteiger partial charge in [0.1, 0.15) is 5.75 Å². The molecular weight excluding hydrogens is 368 g/mol. The average molecular weight is 394 g/mol. The van der Waals surface area contributed by atoms with Crippen molar-refractivity contribution >= 4 is 22.7 Å². The zero-order chi connectivity index (χ0) is 20.6. The number of methoxy groups -OCH3 is 1. The van der Waals surface area contributed by atoms with Crippen molar-refractivity contribution < 1.29 is 24.5 Å². The van der Waals surface area contributed by atoms with Crippen LogP contribution in [0, 0.1) is 17.3 Å². The number of benzene rings is 2. The number of hydrogen-bond acceptors (Lipinski definition) is 3. The highest BCUT2D eigenvalue weighted by Gasteiger charge is 2.74. The number of hydrogen-bond donors (Lipinski definition) is 2. The fraction of sp³-hybridized carbons (Fsp3) is 0.500. The lowest BCUT2D eigenvalue weighted by Gasteiger charge is -2.48. The van der Waals surface area contributed by atoms with E-state index in [0.717, 1.165) is 35.8 Å². The maximum Gasteiger partial charge on any atom is 0.303 e. The summed E-state index contributed by atoms with van der Waals surface area (Å²) in [5, 5.41) is 21.3. The lowest BCUT2D eigenvalue weighted by molar-refractivity contribution is -0.140. The third-order valence-electron chi connectivity index (χ3n) is 8.26. The molecule has 0 aromatic heterocycles. The van der Waals surface area contributed by atoms with Crippen LogP contribution in [-0.4, -0.2) is 29.3 Å². The number of carboxylic acid groups (broad SMARTS) is 2. The molecule has 2 saturated carbocycles. The van der Waals surface area contributed by atoms with Crippen LogP contribution in [-0.2, 0) is 15.0 Å². The Morgan fingerprint density at radius 1 is 1.10 bits per heavy atom. The molecule has 0 unspecified atom stereocenters. The van der Waals surface area contributed by atoms with Crippen LogP contribution in [0.3, 0.4) is 0 Å². The molecule has 0 aliphatic heterocycles. The number of aliphatic carboxylic acids is 2. The Labute approximate surface area is 169 Å². The Bertz CT molecular complexity index is 1040. The van der Waals surface area contributed by atoms with Crippen molar-refractivity contribution in [2.24, 2.45) is 17.3 Å². The van der Waals surface area contributed by atoms with Crippen molar-refractivity contribution in [1.29, 1.82) is 0 Å². The zero-order valence-corrected chi connectivity index (χ0v) is 16.8. The Hall–Kier alpha value is -2.56. The molecule has 2 aromatic rings. The monoisotopic (exact) mass is 394 g/mol. The second kappa shape index (κ2) is 5.97. The fourth-order valence-electron chi connectivity index (χ4n) is 7.07. The van der Waals surface area contributed by atoms with Crippen LogP contribution in [0.5, 0.6) is 5.75 Å². The first kappa shape index (κ1) is 18.5. The summed E-state index contributed by atoms with van der Waals surface area (Å²) in [5.74, 6) is -0.250. The number of fused-ring (bicyclic) bond motifs is 3. The molecule has 5 rings (SSSR count). The zero-order valence-electron chi connectivity index (χ0n) is 16.8. The average Bonchev–Trinajstić information content (AvgIpc) is 3.33. The van der Waals surface area contributed by atoms with Crippen LogP contribution in [0.4, 0.5) is 0 Å². The number of carboxylic acids is 2. The van der Waals surface area contributed by atoms with Gasteiger partial charge >= 0.3 is 11.9 Å². The molecular formula is C24H26O5. The molecule has 2 fully saturated rings. The van der Waals surface area contributed by atoms with E-state index in [2.05, 4.69) is 25.1 Å². The first-order valence-corrected chi connectivity index (χ1v) is 10.3.